The molecule has 2 rings (SSSR count). The van der Waals surface area contributed by atoms with E-state index >= 15 is 0 Å². The van der Waals surface area contributed by atoms with Crippen molar-refractivity contribution < 1.29 is 22.9 Å². The third kappa shape index (κ3) is 3.68. The van der Waals surface area contributed by atoms with Crippen LogP contribution >= 0.6 is 0 Å². The highest BCUT2D eigenvalue weighted by molar-refractivity contribution is 7.92. The first-order valence-electron chi connectivity index (χ1n) is 6.75. The van der Waals surface area contributed by atoms with Crippen molar-refractivity contribution >= 4 is 27.5 Å². The number of benzene rings is 1. The molecule has 0 saturated carbocycles. The number of H-pyrrole nitrogens is 1. The number of ether oxygens (including phenoxy) is 1. The maximum absolute atomic E-state index is 12.4. The number of carbonyl (C=O) groups is 1. The quantitative estimate of drug-likeness (QED) is 0.455. The molecule has 0 unspecified atom stereocenters. The third-order valence-corrected chi connectivity index (χ3v) is 4.48. The van der Waals surface area contributed by atoms with Crippen LogP contribution in [0.5, 0.6) is 0 Å². The molecular formula is C13H14N4O6S. The number of nitrogens with zero attached hydrogens (tertiary/aromatic N) is 2. The molecule has 0 aliphatic heterocycles. The zero-order chi connectivity index (χ0) is 17.9. The number of aryl methyl sites for hydroxylation is 1. The summed E-state index contributed by atoms with van der Waals surface area (Å²) >= 11 is 0. The van der Waals surface area contributed by atoms with E-state index in [0.29, 0.717) is 5.56 Å². The van der Waals surface area contributed by atoms with Gasteiger partial charge in [-0.1, -0.05) is 6.07 Å². The Morgan fingerprint density at radius 1 is 1.42 bits per heavy atom. The van der Waals surface area contributed by atoms with E-state index in [2.05, 4.69) is 14.9 Å². The molecule has 10 nitrogen and oxygen atoms in total. The molecule has 0 spiro atoms. The van der Waals surface area contributed by atoms with Crippen molar-refractivity contribution in [3.8, 4) is 0 Å². The summed E-state index contributed by atoms with van der Waals surface area (Å²) in [5, 5.41) is 16.8. The summed E-state index contributed by atoms with van der Waals surface area (Å²) in [6.45, 7) is 3.29. The van der Waals surface area contributed by atoms with Gasteiger partial charge in [0.2, 0.25) is 0 Å². The van der Waals surface area contributed by atoms with Gasteiger partial charge in [-0.15, -0.1) is 0 Å². The summed E-state index contributed by atoms with van der Waals surface area (Å²) in [4.78, 5) is 21.4. The van der Waals surface area contributed by atoms with Crippen molar-refractivity contribution in [2.45, 2.75) is 18.7 Å². The molecule has 128 valence electrons. The minimum atomic E-state index is -4.11. The highest BCUT2D eigenvalue weighted by atomic mass is 32.2. The van der Waals surface area contributed by atoms with Crippen molar-refractivity contribution in [2.24, 2.45) is 0 Å². The average molecular weight is 354 g/mol. The standard InChI is InChI=1S/C13H14N4O6S/c1-3-23-13(18)10-7-12(15-14-10)16-24(21,22)11-6-9(17(19)20)5-4-8(11)2/h4-7H,3H2,1-2H3,(H2,14,15,16). The monoisotopic (exact) mass is 354 g/mol. The Kier molecular flexibility index (Phi) is 4.83. The number of nitro groups is 1. The first-order valence-corrected chi connectivity index (χ1v) is 8.23. The van der Waals surface area contributed by atoms with E-state index in [9.17, 15) is 23.3 Å². The molecule has 0 radical (unpaired) electrons. The zero-order valence-corrected chi connectivity index (χ0v) is 13.6. The lowest BCUT2D eigenvalue weighted by atomic mass is 10.2. The fourth-order valence-corrected chi connectivity index (χ4v) is 3.13. The van der Waals surface area contributed by atoms with E-state index < -0.39 is 20.9 Å². The molecule has 2 N–H and O–H groups in total. The van der Waals surface area contributed by atoms with Crippen LogP contribution in [0.4, 0.5) is 11.5 Å². The lowest BCUT2D eigenvalue weighted by molar-refractivity contribution is -0.385. The fraction of sp³-hybridized carbons (Fsp3) is 0.231. The number of hydrogen-bond donors (Lipinski definition) is 2. The van der Waals surface area contributed by atoms with Crippen LogP contribution in [-0.4, -0.2) is 36.1 Å². The van der Waals surface area contributed by atoms with Crippen LogP contribution in [0.1, 0.15) is 23.0 Å². The number of aromatic amines is 1. The second-order valence-electron chi connectivity index (χ2n) is 4.70. The van der Waals surface area contributed by atoms with Gasteiger partial charge in [-0.05, 0) is 19.4 Å². The molecule has 1 aromatic carbocycles. The van der Waals surface area contributed by atoms with Crippen LogP contribution in [0.25, 0.3) is 0 Å². The Morgan fingerprint density at radius 3 is 2.75 bits per heavy atom. The predicted octanol–water partition coefficient (Wildman–Crippen LogP) is 1.60. The van der Waals surface area contributed by atoms with Gasteiger partial charge in [-0.25, -0.2) is 13.2 Å². The van der Waals surface area contributed by atoms with Gasteiger partial charge in [-0.2, -0.15) is 5.10 Å². The van der Waals surface area contributed by atoms with Gasteiger partial charge in [0, 0.05) is 18.2 Å². The minimum Gasteiger partial charge on any atom is -0.461 e. The first kappa shape index (κ1) is 17.4. The van der Waals surface area contributed by atoms with E-state index in [1.807, 2.05) is 0 Å². The SMILES string of the molecule is CCOC(=O)c1cc(NS(=O)(=O)c2cc([N+](=O)[O-])ccc2C)n[nH]1. The molecule has 24 heavy (non-hydrogen) atoms. The topological polar surface area (TPSA) is 144 Å². The number of carbonyl (C=O) groups excluding carboxylic acids is 1. The van der Waals surface area contributed by atoms with Gasteiger partial charge in [0.25, 0.3) is 15.7 Å². The summed E-state index contributed by atoms with van der Waals surface area (Å²) in [7, 11) is -4.11. The van der Waals surface area contributed by atoms with Gasteiger partial charge < -0.3 is 4.74 Å². The molecule has 11 heteroatoms. The number of esters is 1. The minimum absolute atomic E-state index is 0.0229. The Bertz CT molecular complexity index is 890. The van der Waals surface area contributed by atoms with E-state index in [4.69, 9.17) is 4.74 Å². The normalized spacial score (nSPS) is 11.1. The van der Waals surface area contributed by atoms with Crippen LogP contribution in [0.2, 0.25) is 0 Å². The average Bonchev–Trinajstić information content (AvgIpc) is 2.95. The highest BCUT2D eigenvalue weighted by Gasteiger charge is 2.22. The summed E-state index contributed by atoms with van der Waals surface area (Å²) in [5.74, 6) is -0.814. The predicted molar refractivity (Wildman–Crippen MR) is 83.2 cm³/mol. The number of sulfonamides is 1. The first-order chi connectivity index (χ1) is 11.2. The Balaban J connectivity index is 2.31. The molecule has 0 amide bonds. The maximum Gasteiger partial charge on any atom is 0.356 e. The van der Waals surface area contributed by atoms with Crippen LogP contribution < -0.4 is 4.72 Å². The summed E-state index contributed by atoms with van der Waals surface area (Å²) in [6.07, 6.45) is 0. The van der Waals surface area contributed by atoms with Crippen LogP contribution in [0.3, 0.4) is 0 Å². The van der Waals surface area contributed by atoms with E-state index in [0.717, 1.165) is 6.07 Å². The highest BCUT2D eigenvalue weighted by Crippen LogP contribution is 2.23. The van der Waals surface area contributed by atoms with Crippen LogP contribution in [0.15, 0.2) is 29.2 Å². The van der Waals surface area contributed by atoms with E-state index in [-0.39, 0.29) is 28.7 Å². The van der Waals surface area contributed by atoms with Crippen molar-refractivity contribution in [3.63, 3.8) is 0 Å². The second-order valence-corrected chi connectivity index (χ2v) is 6.35. The van der Waals surface area contributed by atoms with Crippen molar-refractivity contribution in [1.82, 2.24) is 10.2 Å². The van der Waals surface area contributed by atoms with Crippen molar-refractivity contribution in [3.05, 3.63) is 45.6 Å². The van der Waals surface area contributed by atoms with Crippen LogP contribution in [-0.2, 0) is 14.8 Å². The number of aromatic nitrogens is 2. The molecule has 1 aromatic heterocycles. The molecule has 1 heterocycles. The molecule has 2 aromatic rings. The number of rotatable bonds is 6. The van der Waals surface area contributed by atoms with E-state index in [1.54, 1.807) is 6.92 Å². The number of nitrogens with one attached hydrogen (secondary N) is 2. The van der Waals surface area contributed by atoms with Gasteiger partial charge in [0.1, 0.15) is 5.69 Å². The number of hydrogen-bond acceptors (Lipinski definition) is 7. The smallest absolute Gasteiger partial charge is 0.356 e. The zero-order valence-electron chi connectivity index (χ0n) is 12.8. The number of non-ortho nitro benzene ring substituents is 1. The largest absolute Gasteiger partial charge is 0.461 e. The lowest BCUT2D eigenvalue weighted by Gasteiger charge is -2.08. The van der Waals surface area contributed by atoms with Crippen molar-refractivity contribution in [2.75, 3.05) is 11.3 Å². The van der Waals surface area contributed by atoms with E-state index in [1.165, 1.54) is 25.1 Å². The molecule has 0 aliphatic carbocycles. The third-order valence-electron chi connectivity index (χ3n) is 2.98. The molecule has 0 atom stereocenters. The molecular weight excluding hydrogens is 340 g/mol. The van der Waals surface area contributed by atoms with Gasteiger partial charge in [0.15, 0.2) is 5.82 Å². The molecule has 0 aliphatic rings. The molecule has 0 saturated heterocycles. The summed E-state index contributed by atoms with van der Waals surface area (Å²) in [5.41, 5.74) is -0.0465. The molecule has 0 fully saturated rings. The van der Waals surface area contributed by atoms with Gasteiger partial charge in [0.05, 0.1) is 16.4 Å². The number of nitro benzene ring substituents is 1. The second kappa shape index (κ2) is 6.66. The molecule has 0 bridgehead atoms. The lowest BCUT2D eigenvalue weighted by Crippen LogP contribution is -2.15. The number of anilines is 1. The Morgan fingerprint density at radius 2 is 2.12 bits per heavy atom. The van der Waals surface area contributed by atoms with Gasteiger partial charge >= 0.3 is 5.97 Å². The van der Waals surface area contributed by atoms with Crippen molar-refractivity contribution in [1.29, 1.82) is 0 Å². The van der Waals surface area contributed by atoms with Gasteiger partial charge in [-0.3, -0.25) is 19.9 Å². The summed E-state index contributed by atoms with van der Waals surface area (Å²) < 4.78 is 31.7. The van der Waals surface area contributed by atoms with Crippen LogP contribution in [0, 0.1) is 17.0 Å². The Hall–Kier alpha value is -2.95. The Labute approximate surface area is 137 Å². The fourth-order valence-electron chi connectivity index (χ4n) is 1.87. The summed E-state index contributed by atoms with van der Waals surface area (Å²) in [6, 6.07) is 4.67. The maximum atomic E-state index is 12.4.